The highest BCUT2D eigenvalue weighted by Crippen LogP contribution is 2.22. The molecule has 0 bridgehead atoms. The summed E-state index contributed by atoms with van der Waals surface area (Å²) in [5.74, 6) is -0.00604. The Morgan fingerprint density at radius 2 is 2.09 bits per heavy atom. The maximum absolute atomic E-state index is 12.2. The van der Waals surface area contributed by atoms with Crippen molar-refractivity contribution in [2.24, 2.45) is 0 Å². The standard InChI is InChI=1S/C14H14N4O2S2/c1-8(2)12-16-17-14(21-12)15-11(19)7-18-13(20)9-5-3-4-6-10(9)22-18/h3-6,8H,7H2,1-2H3,(H,15,17,19). The Kier molecular flexibility index (Phi) is 4.04. The molecule has 0 unspecified atom stereocenters. The number of fused-ring (bicyclic) bond motifs is 1. The van der Waals surface area contributed by atoms with E-state index < -0.39 is 0 Å². The van der Waals surface area contributed by atoms with Crippen LogP contribution in [0.15, 0.2) is 29.1 Å². The van der Waals surface area contributed by atoms with Crippen molar-refractivity contribution < 1.29 is 4.79 Å². The first-order valence-corrected chi connectivity index (χ1v) is 8.35. The molecule has 114 valence electrons. The molecule has 8 heteroatoms. The number of rotatable bonds is 4. The van der Waals surface area contributed by atoms with Crippen LogP contribution in [0.25, 0.3) is 10.1 Å². The third kappa shape index (κ3) is 2.93. The highest BCUT2D eigenvalue weighted by Gasteiger charge is 2.13. The van der Waals surface area contributed by atoms with Crippen molar-refractivity contribution in [2.75, 3.05) is 5.32 Å². The molecule has 2 heterocycles. The Labute approximate surface area is 134 Å². The van der Waals surface area contributed by atoms with Gasteiger partial charge in [0.1, 0.15) is 11.6 Å². The minimum Gasteiger partial charge on any atom is -0.299 e. The third-order valence-electron chi connectivity index (χ3n) is 3.02. The van der Waals surface area contributed by atoms with Gasteiger partial charge in [0, 0.05) is 5.92 Å². The van der Waals surface area contributed by atoms with Crippen molar-refractivity contribution >= 4 is 44.0 Å². The molecule has 3 rings (SSSR count). The van der Waals surface area contributed by atoms with Gasteiger partial charge in [-0.15, -0.1) is 10.2 Å². The van der Waals surface area contributed by atoms with E-state index in [4.69, 9.17) is 0 Å². The number of aromatic nitrogens is 3. The predicted octanol–water partition coefficient (Wildman–Crippen LogP) is 2.68. The van der Waals surface area contributed by atoms with Crippen LogP contribution in [0.5, 0.6) is 0 Å². The zero-order chi connectivity index (χ0) is 15.7. The summed E-state index contributed by atoms with van der Waals surface area (Å²) in [7, 11) is 0. The first-order chi connectivity index (χ1) is 10.5. The molecule has 0 saturated heterocycles. The smallest absolute Gasteiger partial charge is 0.268 e. The average Bonchev–Trinajstić information content (AvgIpc) is 3.06. The molecular weight excluding hydrogens is 320 g/mol. The van der Waals surface area contributed by atoms with Crippen LogP contribution in [0.3, 0.4) is 0 Å². The van der Waals surface area contributed by atoms with Crippen molar-refractivity contribution in [3.63, 3.8) is 0 Å². The van der Waals surface area contributed by atoms with Gasteiger partial charge in [-0.05, 0) is 12.1 Å². The van der Waals surface area contributed by atoms with E-state index in [2.05, 4.69) is 15.5 Å². The summed E-state index contributed by atoms with van der Waals surface area (Å²) in [6.45, 7) is 4.01. The van der Waals surface area contributed by atoms with Crippen LogP contribution in [0.1, 0.15) is 24.8 Å². The molecule has 0 aliphatic carbocycles. The molecule has 0 fully saturated rings. The Balaban J connectivity index is 1.75. The van der Waals surface area contributed by atoms with Crippen molar-refractivity contribution in [3.8, 4) is 0 Å². The normalized spacial score (nSPS) is 11.2. The van der Waals surface area contributed by atoms with Crippen LogP contribution in [0.2, 0.25) is 0 Å². The maximum atomic E-state index is 12.2. The molecule has 22 heavy (non-hydrogen) atoms. The quantitative estimate of drug-likeness (QED) is 0.796. The minimum absolute atomic E-state index is 0.0191. The fraction of sp³-hybridized carbons (Fsp3) is 0.286. The Hall–Kier alpha value is -2.06. The molecule has 0 radical (unpaired) electrons. The SMILES string of the molecule is CC(C)c1nnc(NC(=O)Cn2sc3ccccc3c2=O)s1. The molecule has 6 nitrogen and oxygen atoms in total. The zero-order valence-corrected chi connectivity index (χ0v) is 13.7. The molecular formula is C14H14N4O2S2. The fourth-order valence-corrected chi connectivity index (χ4v) is 3.68. The first kappa shape index (κ1) is 14.9. The van der Waals surface area contributed by atoms with Gasteiger partial charge in [0.05, 0.1) is 10.1 Å². The van der Waals surface area contributed by atoms with E-state index in [-0.39, 0.29) is 23.9 Å². The summed E-state index contributed by atoms with van der Waals surface area (Å²) < 4.78 is 2.32. The number of benzene rings is 1. The second-order valence-electron chi connectivity index (χ2n) is 5.08. The van der Waals surface area contributed by atoms with Crippen LogP contribution in [0.4, 0.5) is 5.13 Å². The van der Waals surface area contributed by atoms with E-state index in [9.17, 15) is 9.59 Å². The second kappa shape index (κ2) is 5.98. The molecule has 1 aromatic carbocycles. The Morgan fingerprint density at radius 1 is 1.32 bits per heavy atom. The fourth-order valence-electron chi connectivity index (χ4n) is 1.93. The number of carbonyl (C=O) groups excluding carboxylic acids is 1. The lowest BCUT2D eigenvalue weighted by atomic mass is 10.2. The van der Waals surface area contributed by atoms with Gasteiger partial charge in [-0.2, -0.15) is 0 Å². The topological polar surface area (TPSA) is 76.9 Å². The molecule has 0 saturated carbocycles. The van der Waals surface area contributed by atoms with Gasteiger partial charge in [-0.1, -0.05) is 48.8 Å². The van der Waals surface area contributed by atoms with Gasteiger partial charge in [0.2, 0.25) is 11.0 Å². The van der Waals surface area contributed by atoms with Crippen LogP contribution in [-0.4, -0.2) is 20.1 Å². The lowest BCUT2D eigenvalue weighted by Crippen LogP contribution is -2.23. The largest absolute Gasteiger partial charge is 0.299 e. The predicted molar refractivity (Wildman–Crippen MR) is 88.7 cm³/mol. The highest BCUT2D eigenvalue weighted by molar-refractivity contribution is 7.15. The lowest BCUT2D eigenvalue weighted by molar-refractivity contribution is -0.116. The number of nitrogens with zero attached hydrogens (tertiary/aromatic N) is 3. The second-order valence-corrected chi connectivity index (χ2v) is 7.15. The van der Waals surface area contributed by atoms with E-state index in [1.165, 1.54) is 26.8 Å². The molecule has 1 N–H and O–H groups in total. The van der Waals surface area contributed by atoms with Gasteiger partial charge >= 0.3 is 0 Å². The van der Waals surface area contributed by atoms with Crippen molar-refractivity contribution in [3.05, 3.63) is 39.6 Å². The van der Waals surface area contributed by atoms with Gasteiger partial charge in [-0.25, -0.2) is 0 Å². The Morgan fingerprint density at radius 3 is 2.77 bits per heavy atom. The molecule has 3 aromatic rings. The van der Waals surface area contributed by atoms with Gasteiger partial charge in [-0.3, -0.25) is 18.9 Å². The van der Waals surface area contributed by atoms with Gasteiger partial charge in [0.25, 0.3) is 5.56 Å². The van der Waals surface area contributed by atoms with Crippen LogP contribution >= 0.6 is 22.9 Å². The number of hydrogen-bond donors (Lipinski definition) is 1. The van der Waals surface area contributed by atoms with E-state index in [0.717, 1.165) is 9.71 Å². The number of anilines is 1. The van der Waals surface area contributed by atoms with Crippen molar-refractivity contribution in [1.82, 2.24) is 14.2 Å². The summed E-state index contributed by atoms with van der Waals surface area (Å²) in [5.41, 5.74) is -0.143. The van der Waals surface area contributed by atoms with Gasteiger partial charge in [0.15, 0.2) is 0 Å². The monoisotopic (exact) mass is 334 g/mol. The average molecular weight is 334 g/mol. The van der Waals surface area contributed by atoms with Crippen molar-refractivity contribution in [1.29, 1.82) is 0 Å². The number of nitrogens with one attached hydrogen (secondary N) is 1. The molecule has 2 aromatic heterocycles. The summed E-state index contributed by atoms with van der Waals surface area (Å²) in [6, 6.07) is 7.32. The summed E-state index contributed by atoms with van der Waals surface area (Å²) in [6.07, 6.45) is 0. The van der Waals surface area contributed by atoms with Crippen LogP contribution < -0.4 is 10.9 Å². The number of amides is 1. The zero-order valence-electron chi connectivity index (χ0n) is 12.1. The maximum Gasteiger partial charge on any atom is 0.268 e. The van der Waals surface area contributed by atoms with Crippen LogP contribution in [-0.2, 0) is 11.3 Å². The summed E-state index contributed by atoms with van der Waals surface area (Å²) in [5, 5.41) is 12.6. The van der Waals surface area contributed by atoms with E-state index in [0.29, 0.717) is 10.5 Å². The molecule has 0 spiro atoms. The number of hydrogen-bond acceptors (Lipinski definition) is 6. The molecule has 0 atom stereocenters. The van der Waals surface area contributed by atoms with E-state index in [1.807, 2.05) is 32.0 Å². The molecule has 0 aliphatic heterocycles. The third-order valence-corrected chi connectivity index (χ3v) is 5.23. The summed E-state index contributed by atoms with van der Waals surface area (Å²) in [4.78, 5) is 24.2. The Bertz CT molecular complexity index is 878. The lowest BCUT2D eigenvalue weighted by Gasteiger charge is -2.00. The van der Waals surface area contributed by atoms with Gasteiger partial charge < -0.3 is 0 Å². The number of carbonyl (C=O) groups is 1. The van der Waals surface area contributed by atoms with E-state index in [1.54, 1.807) is 6.07 Å². The minimum atomic E-state index is -0.278. The van der Waals surface area contributed by atoms with E-state index >= 15 is 0 Å². The van der Waals surface area contributed by atoms with Crippen LogP contribution in [0, 0.1) is 0 Å². The molecule has 1 amide bonds. The summed E-state index contributed by atoms with van der Waals surface area (Å²) >= 11 is 2.63. The van der Waals surface area contributed by atoms with Crippen molar-refractivity contribution in [2.45, 2.75) is 26.3 Å². The highest BCUT2D eigenvalue weighted by atomic mass is 32.1. The molecule has 0 aliphatic rings. The first-order valence-electron chi connectivity index (χ1n) is 6.76.